The lowest BCUT2D eigenvalue weighted by Crippen LogP contribution is -2.58. The van der Waals surface area contributed by atoms with Crippen molar-refractivity contribution in [1.82, 2.24) is 10.2 Å². The smallest absolute Gasteiger partial charge is 0.407 e. The third-order valence-corrected chi connectivity index (χ3v) is 6.19. The predicted octanol–water partition coefficient (Wildman–Crippen LogP) is 2.58. The van der Waals surface area contributed by atoms with Gasteiger partial charge in [-0.3, -0.25) is 9.69 Å². The number of esters is 1. The lowest BCUT2D eigenvalue weighted by molar-refractivity contribution is -0.165. The molecule has 1 unspecified atom stereocenters. The Balaban J connectivity index is 1.95. The second-order valence-electron chi connectivity index (χ2n) is 10.1. The number of aliphatic hydroxyl groups excluding tert-OH is 2. The summed E-state index contributed by atoms with van der Waals surface area (Å²) in [6.45, 7) is 7.32. The average molecular weight is 473 g/mol. The molecule has 9 heteroatoms. The molecule has 3 N–H and O–H groups in total. The first kappa shape index (κ1) is 27.8. The van der Waals surface area contributed by atoms with Gasteiger partial charge in [-0.2, -0.15) is 0 Å². The van der Waals surface area contributed by atoms with Crippen molar-refractivity contribution < 1.29 is 34.0 Å². The van der Waals surface area contributed by atoms with Gasteiger partial charge in [-0.05, 0) is 58.8 Å². The third kappa shape index (κ3) is 9.76. The first-order valence-corrected chi connectivity index (χ1v) is 12.5. The fourth-order valence-electron chi connectivity index (χ4n) is 4.64. The van der Waals surface area contributed by atoms with Gasteiger partial charge < -0.3 is 29.7 Å². The molecule has 0 radical (unpaired) electrons. The summed E-state index contributed by atoms with van der Waals surface area (Å²) in [6, 6.07) is -1.03. The van der Waals surface area contributed by atoms with Gasteiger partial charge in [0, 0.05) is 32.8 Å². The molecule has 2 aliphatic rings. The normalized spacial score (nSPS) is 22.0. The van der Waals surface area contributed by atoms with Crippen LogP contribution in [-0.4, -0.2) is 84.1 Å². The minimum Gasteiger partial charge on any atom is -0.459 e. The molecule has 0 spiro atoms. The van der Waals surface area contributed by atoms with Crippen molar-refractivity contribution in [2.45, 2.75) is 102 Å². The third-order valence-electron chi connectivity index (χ3n) is 6.19. The number of hydrogen-bond donors (Lipinski definition) is 3. The number of nitrogens with zero attached hydrogens (tertiary/aromatic N) is 1. The van der Waals surface area contributed by atoms with E-state index in [9.17, 15) is 14.7 Å². The van der Waals surface area contributed by atoms with Crippen molar-refractivity contribution in [3.05, 3.63) is 0 Å². The first-order chi connectivity index (χ1) is 15.7. The molecule has 0 aromatic heterocycles. The largest absolute Gasteiger partial charge is 0.459 e. The maximum Gasteiger partial charge on any atom is 0.407 e. The first-order valence-electron chi connectivity index (χ1n) is 12.5. The zero-order valence-corrected chi connectivity index (χ0v) is 20.6. The molecule has 2 fully saturated rings. The number of hydrogen-bond acceptors (Lipinski definition) is 8. The molecule has 1 saturated heterocycles. The molecule has 3 atom stereocenters. The zero-order chi connectivity index (χ0) is 24.3. The number of carbonyl (C=O) groups excluding carboxylic acids is 2. The number of carbonyl (C=O) groups is 2. The maximum atomic E-state index is 12.8. The average Bonchev–Trinajstić information content (AvgIpc) is 3.26. The van der Waals surface area contributed by atoms with Crippen molar-refractivity contribution in [2.75, 3.05) is 33.0 Å². The Bertz CT molecular complexity index is 590. The molecule has 1 aliphatic carbocycles. The van der Waals surface area contributed by atoms with Crippen LogP contribution in [0, 0.1) is 5.92 Å². The number of likely N-dealkylation sites (tertiary alicyclic amines) is 1. The Labute approximate surface area is 198 Å². The Morgan fingerprint density at radius 2 is 1.73 bits per heavy atom. The standard InChI is InChI=1S/C24H44N2O7/c1-24(2,3)33-22(29)19-12-7-13-26(19)21(28)20(18-10-5-4-6-11-18)25-23(30)32-17-9-16-31-15-8-14-27/h18-21,27-28H,4-17H2,1-3H3,(H,25,30)/t19-,20-,21?/m0/s1. The van der Waals surface area contributed by atoms with Crippen LogP contribution in [0.25, 0.3) is 0 Å². The quantitative estimate of drug-likeness (QED) is 0.293. The van der Waals surface area contributed by atoms with Gasteiger partial charge >= 0.3 is 12.1 Å². The van der Waals surface area contributed by atoms with E-state index in [0.717, 1.165) is 38.5 Å². The highest BCUT2D eigenvalue weighted by atomic mass is 16.6. The van der Waals surface area contributed by atoms with Crippen LogP contribution in [-0.2, 0) is 19.0 Å². The minimum absolute atomic E-state index is 0.0928. The van der Waals surface area contributed by atoms with Gasteiger partial charge in [0.25, 0.3) is 0 Å². The lowest BCUT2D eigenvalue weighted by atomic mass is 9.83. The topological polar surface area (TPSA) is 118 Å². The summed E-state index contributed by atoms with van der Waals surface area (Å²) in [7, 11) is 0. The number of nitrogens with one attached hydrogen (secondary N) is 1. The Kier molecular flexibility index (Phi) is 11.9. The van der Waals surface area contributed by atoms with E-state index in [1.807, 2.05) is 20.8 Å². The zero-order valence-electron chi connectivity index (χ0n) is 20.6. The van der Waals surface area contributed by atoms with E-state index >= 15 is 0 Å². The summed E-state index contributed by atoms with van der Waals surface area (Å²) >= 11 is 0. The number of rotatable bonds is 12. The highest BCUT2D eigenvalue weighted by Crippen LogP contribution is 2.31. The lowest BCUT2D eigenvalue weighted by Gasteiger charge is -2.39. The van der Waals surface area contributed by atoms with Crippen LogP contribution in [0.2, 0.25) is 0 Å². The predicted molar refractivity (Wildman–Crippen MR) is 124 cm³/mol. The summed E-state index contributed by atoms with van der Waals surface area (Å²) in [5.74, 6) is -0.201. The van der Waals surface area contributed by atoms with Crippen molar-refractivity contribution in [1.29, 1.82) is 0 Å². The van der Waals surface area contributed by atoms with Crippen LogP contribution in [0.5, 0.6) is 0 Å². The molecule has 2 rings (SSSR count). The molecule has 9 nitrogen and oxygen atoms in total. The van der Waals surface area contributed by atoms with Crippen LogP contribution in [0.15, 0.2) is 0 Å². The Morgan fingerprint density at radius 3 is 2.39 bits per heavy atom. The minimum atomic E-state index is -0.984. The van der Waals surface area contributed by atoms with E-state index in [-0.39, 0.29) is 25.1 Å². The molecule has 33 heavy (non-hydrogen) atoms. The highest BCUT2D eigenvalue weighted by molar-refractivity contribution is 5.76. The van der Waals surface area contributed by atoms with Crippen molar-refractivity contribution >= 4 is 12.1 Å². The van der Waals surface area contributed by atoms with Gasteiger partial charge in [0.1, 0.15) is 17.9 Å². The molecule has 0 aromatic carbocycles. The van der Waals surface area contributed by atoms with Crippen molar-refractivity contribution in [3.8, 4) is 0 Å². The fourth-order valence-corrected chi connectivity index (χ4v) is 4.64. The molecular formula is C24H44N2O7. The van der Waals surface area contributed by atoms with Crippen LogP contribution < -0.4 is 5.32 Å². The number of alkyl carbamates (subject to hydrolysis) is 1. The van der Waals surface area contributed by atoms with Gasteiger partial charge in [0.15, 0.2) is 0 Å². The van der Waals surface area contributed by atoms with Gasteiger partial charge in [0.2, 0.25) is 0 Å². The number of aliphatic hydroxyl groups is 2. The number of amides is 1. The van der Waals surface area contributed by atoms with E-state index in [1.165, 1.54) is 0 Å². The van der Waals surface area contributed by atoms with Crippen molar-refractivity contribution in [3.63, 3.8) is 0 Å². The number of ether oxygens (including phenoxy) is 3. The van der Waals surface area contributed by atoms with Crippen LogP contribution in [0.4, 0.5) is 4.79 Å². The molecule has 0 aromatic rings. The second-order valence-corrected chi connectivity index (χ2v) is 10.1. The van der Waals surface area contributed by atoms with Crippen LogP contribution in [0.3, 0.4) is 0 Å². The summed E-state index contributed by atoms with van der Waals surface area (Å²) in [5.41, 5.74) is -0.594. The van der Waals surface area contributed by atoms with Crippen molar-refractivity contribution in [2.24, 2.45) is 5.92 Å². The monoisotopic (exact) mass is 472 g/mol. The molecule has 1 aliphatic heterocycles. The molecule has 0 bridgehead atoms. The molecule has 192 valence electrons. The van der Waals surface area contributed by atoms with E-state index < -0.39 is 30.0 Å². The SMILES string of the molecule is CC(C)(C)OC(=O)[C@@H]1CCCN1C(O)[C@@H](NC(=O)OCCCOCCCO)C1CCCCC1. The van der Waals surface area contributed by atoms with E-state index in [1.54, 1.807) is 4.90 Å². The second kappa shape index (κ2) is 14.1. The Morgan fingerprint density at radius 1 is 1.03 bits per heavy atom. The van der Waals surface area contributed by atoms with E-state index in [4.69, 9.17) is 19.3 Å². The van der Waals surface area contributed by atoms with Gasteiger partial charge in [-0.1, -0.05) is 19.3 Å². The maximum absolute atomic E-state index is 12.8. The summed E-state index contributed by atoms with van der Waals surface area (Å²) in [4.78, 5) is 27.1. The highest BCUT2D eigenvalue weighted by Gasteiger charge is 2.42. The van der Waals surface area contributed by atoms with E-state index in [0.29, 0.717) is 39.0 Å². The van der Waals surface area contributed by atoms with E-state index in [2.05, 4.69) is 5.32 Å². The fraction of sp³-hybridized carbons (Fsp3) is 0.917. The summed E-state index contributed by atoms with van der Waals surface area (Å²) < 4.78 is 16.2. The Hall–Kier alpha value is -1.42. The van der Waals surface area contributed by atoms with Gasteiger partial charge in [0.05, 0.1) is 12.6 Å². The van der Waals surface area contributed by atoms with Crippen LogP contribution in [0.1, 0.15) is 78.6 Å². The molecule has 1 amide bonds. The van der Waals surface area contributed by atoms with Gasteiger partial charge in [-0.25, -0.2) is 4.79 Å². The molecule has 1 heterocycles. The summed E-state index contributed by atoms with van der Waals surface area (Å²) in [5, 5.41) is 23.0. The molecular weight excluding hydrogens is 428 g/mol. The van der Waals surface area contributed by atoms with Gasteiger partial charge in [-0.15, -0.1) is 0 Å². The summed E-state index contributed by atoms with van der Waals surface area (Å²) in [6.07, 6.45) is 6.14. The molecule has 1 saturated carbocycles. The van der Waals surface area contributed by atoms with Crippen LogP contribution >= 0.6 is 0 Å².